The molecule has 3 heteroatoms. The first-order valence-corrected chi connectivity index (χ1v) is 6.05. The number of hydrogen-bond acceptors (Lipinski definition) is 3. The van der Waals surface area contributed by atoms with Crippen molar-refractivity contribution < 1.29 is 0 Å². The van der Waals surface area contributed by atoms with E-state index in [2.05, 4.69) is 30.1 Å². The average molecular weight is 209 g/mol. The van der Waals surface area contributed by atoms with Gasteiger partial charge < -0.3 is 10.2 Å². The summed E-state index contributed by atoms with van der Waals surface area (Å²) in [6.45, 7) is 8.63. The number of hydrogen-bond donors (Lipinski definition) is 1. The van der Waals surface area contributed by atoms with Crippen LogP contribution in [0.25, 0.3) is 0 Å². The Morgan fingerprint density at radius 2 is 2.13 bits per heavy atom. The molecule has 0 aromatic carbocycles. The smallest absolute Gasteiger partial charge is 0.0635 e. The Morgan fingerprint density at radius 3 is 2.67 bits per heavy atom. The molecule has 0 aromatic rings. The molecule has 0 unspecified atom stereocenters. The molecule has 0 aromatic heterocycles. The van der Waals surface area contributed by atoms with Gasteiger partial charge in [0.15, 0.2) is 0 Å². The van der Waals surface area contributed by atoms with E-state index >= 15 is 0 Å². The van der Waals surface area contributed by atoms with E-state index in [1.807, 2.05) is 0 Å². The molecule has 0 radical (unpaired) electrons. The molecule has 0 spiro atoms. The van der Waals surface area contributed by atoms with Crippen LogP contribution in [-0.4, -0.2) is 37.1 Å². The second-order valence-electron chi connectivity index (χ2n) is 4.83. The molecule has 1 rings (SSSR count). The van der Waals surface area contributed by atoms with Crippen molar-refractivity contribution in [1.82, 2.24) is 10.2 Å². The van der Waals surface area contributed by atoms with Crippen LogP contribution in [0.1, 0.15) is 33.1 Å². The largest absolute Gasteiger partial charge is 0.313 e. The minimum absolute atomic E-state index is 0.649. The van der Waals surface area contributed by atoms with Gasteiger partial charge in [0.25, 0.3) is 0 Å². The van der Waals surface area contributed by atoms with E-state index in [1.165, 1.54) is 12.8 Å². The lowest BCUT2D eigenvalue weighted by Crippen LogP contribution is -2.35. The normalized spacial score (nSPS) is 15.9. The van der Waals surface area contributed by atoms with E-state index in [0.717, 1.165) is 32.2 Å². The Balaban J connectivity index is 2.11. The van der Waals surface area contributed by atoms with Gasteiger partial charge in [0.2, 0.25) is 0 Å². The summed E-state index contributed by atoms with van der Waals surface area (Å²) in [6, 6.07) is 3.01. The molecule has 3 nitrogen and oxygen atoms in total. The lowest BCUT2D eigenvalue weighted by atomic mass is 10.2. The molecule has 0 atom stereocenters. The van der Waals surface area contributed by atoms with E-state index in [1.54, 1.807) is 0 Å². The Bertz CT molecular complexity index is 203. The summed E-state index contributed by atoms with van der Waals surface area (Å²) >= 11 is 0. The van der Waals surface area contributed by atoms with Gasteiger partial charge in [0, 0.05) is 38.6 Å². The standard InChI is InChI=1S/C12H23N3/c1-11(2)10-15(8-3-6-13)9-7-14-12-4-5-12/h11-12,14H,3-5,7-10H2,1-2H3. The Kier molecular flexibility index (Phi) is 5.67. The third kappa shape index (κ3) is 6.48. The molecule has 1 aliphatic rings. The highest BCUT2D eigenvalue weighted by molar-refractivity contribution is 4.81. The molecule has 86 valence electrons. The van der Waals surface area contributed by atoms with Gasteiger partial charge in [-0.3, -0.25) is 0 Å². The van der Waals surface area contributed by atoms with Crippen molar-refractivity contribution in [2.75, 3.05) is 26.2 Å². The lowest BCUT2D eigenvalue weighted by Gasteiger charge is -2.23. The van der Waals surface area contributed by atoms with Crippen LogP contribution in [0, 0.1) is 17.2 Å². The molecule has 1 aliphatic carbocycles. The topological polar surface area (TPSA) is 39.1 Å². The summed E-state index contributed by atoms with van der Waals surface area (Å²) < 4.78 is 0. The van der Waals surface area contributed by atoms with Gasteiger partial charge >= 0.3 is 0 Å². The number of nitrogens with zero attached hydrogens (tertiary/aromatic N) is 2. The van der Waals surface area contributed by atoms with Crippen molar-refractivity contribution in [3.8, 4) is 6.07 Å². The van der Waals surface area contributed by atoms with Crippen molar-refractivity contribution in [3.63, 3.8) is 0 Å². The van der Waals surface area contributed by atoms with Gasteiger partial charge in [-0.1, -0.05) is 13.8 Å². The van der Waals surface area contributed by atoms with Gasteiger partial charge in [-0.2, -0.15) is 5.26 Å². The maximum Gasteiger partial charge on any atom is 0.0635 e. The second-order valence-corrected chi connectivity index (χ2v) is 4.83. The van der Waals surface area contributed by atoms with E-state index in [0.29, 0.717) is 12.3 Å². The molecule has 0 aliphatic heterocycles. The summed E-state index contributed by atoms with van der Waals surface area (Å²) in [5.41, 5.74) is 0. The van der Waals surface area contributed by atoms with Crippen LogP contribution in [0.15, 0.2) is 0 Å². The zero-order valence-corrected chi connectivity index (χ0v) is 10.00. The highest BCUT2D eigenvalue weighted by atomic mass is 15.1. The van der Waals surface area contributed by atoms with Gasteiger partial charge in [0.1, 0.15) is 0 Å². The van der Waals surface area contributed by atoms with Gasteiger partial charge in [0.05, 0.1) is 6.07 Å². The predicted molar refractivity (Wildman–Crippen MR) is 62.5 cm³/mol. The van der Waals surface area contributed by atoms with Crippen LogP contribution in [-0.2, 0) is 0 Å². The summed E-state index contributed by atoms with van der Waals surface area (Å²) in [4.78, 5) is 2.39. The summed E-state index contributed by atoms with van der Waals surface area (Å²) in [6.07, 6.45) is 3.35. The van der Waals surface area contributed by atoms with Crippen LogP contribution < -0.4 is 5.32 Å². The maximum atomic E-state index is 8.58. The molecular weight excluding hydrogens is 186 g/mol. The molecule has 0 amide bonds. The first-order chi connectivity index (χ1) is 7.22. The Morgan fingerprint density at radius 1 is 1.40 bits per heavy atom. The molecule has 0 saturated heterocycles. The van der Waals surface area contributed by atoms with Gasteiger partial charge in [-0.15, -0.1) is 0 Å². The van der Waals surface area contributed by atoms with E-state index in [4.69, 9.17) is 5.26 Å². The fourth-order valence-corrected chi connectivity index (χ4v) is 1.73. The quantitative estimate of drug-likeness (QED) is 0.660. The van der Waals surface area contributed by atoms with Gasteiger partial charge in [-0.25, -0.2) is 0 Å². The molecule has 0 heterocycles. The first kappa shape index (κ1) is 12.5. The molecular formula is C12H23N3. The first-order valence-electron chi connectivity index (χ1n) is 6.05. The van der Waals surface area contributed by atoms with Crippen molar-refractivity contribution in [2.24, 2.45) is 5.92 Å². The van der Waals surface area contributed by atoms with Crippen molar-refractivity contribution in [2.45, 2.75) is 39.2 Å². The third-order valence-corrected chi connectivity index (χ3v) is 2.60. The third-order valence-electron chi connectivity index (χ3n) is 2.60. The molecule has 0 bridgehead atoms. The molecule has 15 heavy (non-hydrogen) atoms. The zero-order valence-electron chi connectivity index (χ0n) is 10.00. The van der Waals surface area contributed by atoms with Crippen LogP contribution >= 0.6 is 0 Å². The molecule has 1 N–H and O–H groups in total. The average Bonchev–Trinajstić information content (AvgIpc) is 2.97. The minimum Gasteiger partial charge on any atom is -0.313 e. The van der Waals surface area contributed by atoms with Crippen LogP contribution in [0.4, 0.5) is 0 Å². The van der Waals surface area contributed by atoms with Crippen LogP contribution in [0.2, 0.25) is 0 Å². The van der Waals surface area contributed by atoms with E-state index in [9.17, 15) is 0 Å². The highest BCUT2D eigenvalue weighted by Gasteiger charge is 2.20. The summed E-state index contributed by atoms with van der Waals surface area (Å²) in [5, 5.41) is 12.1. The van der Waals surface area contributed by atoms with Crippen molar-refractivity contribution >= 4 is 0 Å². The van der Waals surface area contributed by atoms with Crippen LogP contribution in [0.5, 0.6) is 0 Å². The summed E-state index contributed by atoms with van der Waals surface area (Å²) in [5.74, 6) is 0.685. The van der Waals surface area contributed by atoms with E-state index < -0.39 is 0 Å². The number of nitrogens with one attached hydrogen (secondary N) is 1. The second kappa shape index (κ2) is 6.81. The Labute approximate surface area is 93.5 Å². The van der Waals surface area contributed by atoms with Crippen molar-refractivity contribution in [1.29, 1.82) is 5.26 Å². The zero-order chi connectivity index (χ0) is 11.1. The Hall–Kier alpha value is -0.590. The number of rotatable bonds is 8. The monoisotopic (exact) mass is 209 g/mol. The maximum absolute atomic E-state index is 8.58. The predicted octanol–water partition coefficient (Wildman–Crippen LogP) is 1.61. The summed E-state index contributed by atoms with van der Waals surface area (Å²) in [7, 11) is 0. The van der Waals surface area contributed by atoms with Gasteiger partial charge in [-0.05, 0) is 18.8 Å². The fraction of sp³-hybridized carbons (Fsp3) is 0.917. The minimum atomic E-state index is 0.649. The van der Waals surface area contributed by atoms with E-state index in [-0.39, 0.29) is 0 Å². The SMILES string of the molecule is CC(C)CN(CCC#N)CCNC1CC1. The molecule has 1 fully saturated rings. The highest BCUT2D eigenvalue weighted by Crippen LogP contribution is 2.18. The van der Waals surface area contributed by atoms with Crippen molar-refractivity contribution in [3.05, 3.63) is 0 Å². The molecule has 1 saturated carbocycles. The number of nitriles is 1. The fourth-order valence-electron chi connectivity index (χ4n) is 1.73. The van der Waals surface area contributed by atoms with Crippen LogP contribution in [0.3, 0.4) is 0 Å². The lowest BCUT2D eigenvalue weighted by molar-refractivity contribution is 0.249.